The maximum atomic E-state index is 11.7. The highest BCUT2D eigenvalue weighted by atomic mass is 16.5. The van der Waals surface area contributed by atoms with E-state index in [2.05, 4.69) is 10.6 Å². The van der Waals surface area contributed by atoms with Gasteiger partial charge in [-0.3, -0.25) is 4.79 Å². The summed E-state index contributed by atoms with van der Waals surface area (Å²) < 4.78 is 4.96. The van der Waals surface area contributed by atoms with Crippen LogP contribution in [0.15, 0.2) is 24.3 Å². The van der Waals surface area contributed by atoms with Crippen LogP contribution in [0.2, 0.25) is 0 Å². The van der Waals surface area contributed by atoms with E-state index in [-0.39, 0.29) is 12.8 Å². The van der Waals surface area contributed by atoms with Crippen molar-refractivity contribution in [1.82, 2.24) is 5.32 Å². The topological polar surface area (TPSA) is 125 Å². The highest BCUT2D eigenvalue weighted by Crippen LogP contribution is 2.14. The fourth-order valence-electron chi connectivity index (χ4n) is 1.52. The maximum Gasteiger partial charge on any atom is 0.326 e. The number of amides is 2. The number of aliphatic carboxylic acids is 2. The number of benzene rings is 1. The van der Waals surface area contributed by atoms with Crippen molar-refractivity contribution < 1.29 is 29.3 Å². The van der Waals surface area contributed by atoms with Crippen molar-refractivity contribution in [3.8, 4) is 5.75 Å². The van der Waals surface area contributed by atoms with Crippen molar-refractivity contribution in [2.45, 2.75) is 18.9 Å². The Morgan fingerprint density at radius 1 is 1.19 bits per heavy atom. The Morgan fingerprint density at radius 2 is 1.81 bits per heavy atom. The minimum Gasteiger partial charge on any atom is -0.497 e. The summed E-state index contributed by atoms with van der Waals surface area (Å²) in [5.41, 5.74) is 0.454. The number of nitrogens with one attached hydrogen (secondary N) is 2. The zero-order valence-electron chi connectivity index (χ0n) is 11.3. The van der Waals surface area contributed by atoms with Gasteiger partial charge in [0, 0.05) is 12.1 Å². The Kier molecular flexibility index (Phi) is 5.99. The molecule has 1 aromatic rings. The number of hydrogen-bond acceptors (Lipinski definition) is 4. The smallest absolute Gasteiger partial charge is 0.326 e. The van der Waals surface area contributed by atoms with Crippen LogP contribution in [0.3, 0.4) is 0 Å². The molecule has 1 rings (SSSR count). The zero-order chi connectivity index (χ0) is 15.8. The molecule has 0 unspecified atom stereocenters. The van der Waals surface area contributed by atoms with E-state index in [0.29, 0.717) is 11.4 Å². The van der Waals surface area contributed by atoms with Gasteiger partial charge in [-0.2, -0.15) is 0 Å². The third-order valence-corrected chi connectivity index (χ3v) is 2.60. The normalized spacial score (nSPS) is 11.3. The van der Waals surface area contributed by atoms with Crippen molar-refractivity contribution >= 4 is 23.7 Å². The van der Waals surface area contributed by atoms with Gasteiger partial charge in [-0.15, -0.1) is 0 Å². The summed E-state index contributed by atoms with van der Waals surface area (Å²) in [5, 5.41) is 22.1. The SMILES string of the molecule is COc1ccc(NC(=O)N[C@@H](CCC(=O)O)C(=O)O)cc1. The lowest BCUT2D eigenvalue weighted by Crippen LogP contribution is -2.43. The molecule has 0 aliphatic heterocycles. The van der Waals surface area contributed by atoms with E-state index >= 15 is 0 Å². The standard InChI is InChI=1S/C13H16N2O6/c1-21-9-4-2-8(3-5-9)14-13(20)15-10(12(18)19)6-7-11(16)17/h2-5,10H,6-7H2,1H3,(H,16,17)(H,18,19)(H2,14,15,20)/t10-/m0/s1. The van der Waals surface area contributed by atoms with E-state index in [4.69, 9.17) is 14.9 Å². The molecule has 0 saturated heterocycles. The molecule has 1 atom stereocenters. The highest BCUT2D eigenvalue weighted by Gasteiger charge is 2.20. The molecule has 0 radical (unpaired) electrons. The fraction of sp³-hybridized carbons (Fsp3) is 0.308. The largest absolute Gasteiger partial charge is 0.497 e. The lowest BCUT2D eigenvalue weighted by molar-refractivity contribution is -0.140. The average Bonchev–Trinajstić information content (AvgIpc) is 2.43. The first-order chi connectivity index (χ1) is 9.92. The maximum absolute atomic E-state index is 11.7. The third-order valence-electron chi connectivity index (χ3n) is 2.60. The van der Waals surface area contributed by atoms with E-state index in [9.17, 15) is 14.4 Å². The second kappa shape index (κ2) is 7.73. The first-order valence-electron chi connectivity index (χ1n) is 6.08. The molecule has 0 bridgehead atoms. The molecule has 0 aromatic heterocycles. The lowest BCUT2D eigenvalue weighted by atomic mass is 10.1. The first-order valence-corrected chi connectivity index (χ1v) is 6.08. The van der Waals surface area contributed by atoms with Crippen molar-refractivity contribution in [3.63, 3.8) is 0 Å². The number of ether oxygens (including phenoxy) is 1. The third kappa shape index (κ3) is 5.81. The summed E-state index contributed by atoms with van der Waals surface area (Å²) in [6, 6.07) is 4.46. The molecule has 1 aromatic carbocycles. The van der Waals surface area contributed by atoms with E-state index in [0.717, 1.165) is 0 Å². The first kappa shape index (κ1) is 16.3. The number of methoxy groups -OCH3 is 1. The summed E-state index contributed by atoms with van der Waals surface area (Å²) in [5.74, 6) is -1.80. The molecular formula is C13H16N2O6. The van der Waals surface area contributed by atoms with Gasteiger partial charge in [0.1, 0.15) is 11.8 Å². The summed E-state index contributed by atoms with van der Waals surface area (Å²) in [4.78, 5) is 33.0. The molecular weight excluding hydrogens is 280 g/mol. The summed E-state index contributed by atoms with van der Waals surface area (Å²) in [6.45, 7) is 0. The molecule has 0 heterocycles. The number of carbonyl (C=O) groups is 3. The van der Waals surface area contributed by atoms with Crippen LogP contribution in [0.25, 0.3) is 0 Å². The van der Waals surface area contributed by atoms with Crippen molar-refractivity contribution in [1.29, 1.82) is 0 Å². The van der Waals surface area contributed by atoms with Gasteiger partial charge in [0.15, 0.2) is 0 Å². The highest BCUT2D eigenvalue weighted by molar-refractivity contribution is 5.92. The molecule has 0 fully saturated rings. The molecule has 114 valence electrons. The van der Waals surface area contributed by atoms with Gasteiger partial charge in [-0.1, -0.05) is 0 Å². The van der Waals surface area contributed by atoms with Crippen LogP contribution in [0, 0.1) is 0 Å². The number of anilines is 1. The molecule has 8 heteroatoms. The van der Waals surface area contributed by atoms with Gasteiger partial charge in [-0.05, 0) is 30.7 Å². The monoisotopic (exact) mass is 296 g/mol. The Bertz CT molecular complexity index is 514. The van der Waals surface area contributed by atoms with Crippen molar-refractivity contribution in [2.24, 2.45) is 0 Å². The van der Waals surface area contributed by atoms with E-state index in [1.165, 1.54) is 7.11 Å². The minimum atomic E-state index is -1.29. The molecule has 0 saturated carbocycles. The summed E-state index contributed by atoms with van der Waals surface area (Å²) in [6.07, 6.45) is -0.541. The van der Waals surface area contributed by atoms with Gasteiger partial charge in [0.2, 0.25) is 0 Å². The molecule has 4 N–H and O–H groups in total. The molecule has 2 amide bonds. The Hall–Kier alpha value is -2.77. The van der Waals surface area contributed by atoms with Gasteiger partial charge >= 0.3 is 18.0 Å². The number of carboxylic acids is 2. The average molecular weight is 296 g/mol. The van der Waals surface area contributed by atoms with E-state index in [1.54, 1.807) is 24.3 Å². The lowest BCUT2D eigenvalue weighted by Gasteiger charge is -2.14. The van der Waals surface area contributed by atoms with Gasteiger partial charge in [0.05, 0.1) is 7.11 Å². The van der Waals surface area contributed by atoms with Crippen LogP contribution < -0.4 is 15.4 Å². The van der Waals surface area contributed by atoms with E-state index < -0.39 is 24.0 Å². The van der Waals surface area contributed by atoms with Crippen LogP contribution >= 0.6 is 0 Å². The van der Waals surface area contributed by atoms with Gasteiger partial charge < -0.3 is 25.6 Å². The van der Waals surface area contributed by atoms with Crippen LogP contribution in [0.5, 0.6) is 5.75 Å². The molecule has 0 spiro atoms. The predicted molar refractivity (Wildman–Crippen MR) is 73.4 cm³/mol. The number of urea groups is 1. The van der Waals surface area contributed by atoms with Crippen LogP contribution in [0.4, 0.5) is 10.5 Å². The number of carboxylic acid groups (broad SMARTS) is 2. The Labute approximate surface area is 120 Å². The second-order valence-corrected chi connectivity index (χ2v) is 4.15. The van der Waals surface area contributed by atoms with Crippen LogP contribution in [-0.4, -0.2) is 41.3 Å². The Balaban J connectivity index is 2.56. The predicted octanol–water partition coefficient (Wildman–Crippen LogP) is 1.13. The molecule has 0 aliphatic carbocycles. The number of carbonyl (C=O) groups excluding carboxylic acids is 1. The Morgan fingerprint density at radius 3 is 2.29 bits per heavy atom. The number of hydrogen-bond donors (Lipinski definition) is 4. The minimum absolute atomic E-state index is 0.194. The fourth-order valence-corrected chi connectivity index (χ4v) is 1.52. The van der Waals surface area contributed by atoms with Crippen molar-refractivity contribution in [3.05, 3.63) is 24.3 Å². The van der Waals surface area contributed by atoms with Crippen molar-refractivity contribution in [2.75, 3.05) is 12.4 Å². The summed E-state index contributed by atoms with van der Waals surface area (Å²) >= 11 is 0. The molecule has 0 aliphatic rings. The van der Waals surface area contributed by atoms with Crippen LogP contribution in [-0.2, 0) is 9.59 Å². The van der Waals surface area contributed by atoms with E-state index in [1.807, 2.05) is 0 Å². The van der Waals surface area contributed by atoms with Crippen LogP contribution in [0.1, 0.15) is 12.8 Å². The number of rotatable bonds is 7. The quantitative estimate of drug-likeness (QED) is 0.598. The molecule has 8 nitrogen and oxygen atoms in total. The second-order valence-electron chi connectivity index (χ2n) is 4.15. The van der Waals surface area contributed by atoms with Gasteiger partial charge in [-0.25, -0.2) is 9.59 Å². The van der Waals surface area contributed by atoms with Gasteiger partial charge in [0.25, 0.3) is 0 Å². The zero-order valence-corrected chi connectivity index (χ0v) is 11.3. The molecule has 21 heavy (non-hydrogen) atoms. The summed E-state index contributed by atoms with van der Waals surface area (Å²) in [7, 11) is 1.51.